The molecule has 31 heavy (non-hydrogen) atoms. The van der Waals surface area contributed by atoms with Crippen LogP contribution in [0, 0.1) is 11.3 Å². The fourth-order valence-corrected chi connectivity index (χ4v) is 6.26. The Morgan fingerprint density at radius 3 is 2.61 bits per heavy atom. The van der Waals surface area contributed by atoms with Gasteiger partial charge < -0.3 is 14.8 Å². The highest BCUT2D eigenvalue weighted by molar-refractivity contribution is 6.07. The highest BCUT2D eigenvalue weighted by Crippen LogP contribution is 2.47. The van der Waals surface area contributed by atoms with Crippen LogP contribution in [0.3, 0.4) is 0 Å². The number of ether oxygens (including phenoxy) is 2. The van der Waals surface area contributed by atoms with Crippen LogP contribution in [0.25, 0.3) is 0 Å². The van der Waals surface area contributed by atoms with Gasteiger partial charge in [-0.3, -0.25) is 9.69 Å². The quantitative estimate of drug-likeness (QED) is 0.718. The van der Waals surface area contributed by atoms with E-state index in [1.54, 1.807) is 14.2 Å². The van der Waals surface area contributed by atoms with E-state index in [1.165, 1.54) is 4.90 Å². The van der Waals surface area contributed by atoms with Crippen molar-refractivity contribution in [3.05, 3.63) is 23.8 Å². The van der Waals surface area contributed by atoms with E-state index in [-0.39, 0.29) is 23.4 Å². The number of carbonyl (C=O) groups is 2. The summed E-state index contributed by atoms with van der Waals surface area (Å²) in [6.07, 6.45) is 4.43. The van der Waals surface area contributed by atoms with Gasteiger partial charge in [0.25, 0.3) is 5.91 Å². The Morgan fingerprint density at radius 1 is 1.16 bits per heavy atom. The molecule has 170 valence electrons. The van der Waals surface area contributed by atoms with Gasteiger partial charge in [0, 0.05) is 18.2 Å². The molecule has 4 rings (SSSR count). The van der Waals surface area contributed by atoms with Crippen LogP contribution in [-0.4, -0.2) is 54.7 Å². The lowest BCUT2D eigenvalue weighted by Gasteiger charge is -2.44. The third-order valence-corrected chi connectivity index (χ3v) is 7.11. The Morgan fingerprint density at radius 2 is 1.94 bits per heavy atom. The summed E-state index contributed by atoms with van der Waals surface area (Å²) in [6.45, 7) is 7.69. The largest absolute Gasteiger partial charge is 0.497 e. The topological polar surface area (TPSA) is 71.1 Å². The summed E-state index contributed by atoms with van der Waals surface area (Å²) in [6, 6.07) is 5.61. The number of nitrogens with one attached hydrogen (secondary N) is 1. The van der Waals surface area contributed by atoms with Crippen LogP contribution in [0.4, 0.5) is 4.79 Å². The Kier molecular flexibility index (Phi) is 5.66. The Bertz CT molecular complexity index is 870. The third kappa shape index (κ3) is 4.00. The number of hydrogen-bond donors (Lipinski definition) is 1. The average Bonchev–Trinajstić information content (AvgIpc) is 3.24. The summed E-state index contributed by atoms with van der Waals surface area (Å²) in [4.78, 5) is 30.1. The molecule has 1 spiro atoms. The number of hydrogen-bond acceptors (Lipinski definition) is 5. The highest BCUT2D eigenvalue weighted by Gasteiger charge is 2.56. The first-order valence-corrected chi connectivity index (χ1v) is 11.3. The summed E-state index contributed by atoms with van der Waals surface area (Å²) < 4.78 is 11.0. The van der Waals surface area contributed by atoms with E-state index in [1.807, 2.05) is 18.2 Å². The number of imide groups is 1. The third-order valence-electron chi connectivity index (χ3n) is 7.11. The fraction of sp³-hybridized carbons (Fsp3) is 0.667. The van der Waals surface area contributed by atoms with Crippen molar-refractivity contribution in [3.8, 4) is 11.5 Å². The predicted octanol–water partition coefficient (Wildman–Crippen LogP) is 3.94. The maximum atomic E-state index is 13.6. The molecule has 7 heteroatoms. The Balaban J connectivity index is 1.56. The Labute approximate surface area is 185 Å². The number of benzene rings is 1. The van der Waals surface area contributed by atoms with Crippen molar-refractivity contribution in [1.82, 2.24) is 15.1 Å². The van der Waals surface area contributed by atoms with Gasteiger partial charge in [-0.2, -0.15) is 0 Å². The first kappa shape index (κ1) is 21.9. The van der Waals surface area contributed by atoms with Crippen LogP contribution < -0.4 is 14.8 Å². The van der Waals surface area contributed by atoms with Gasteiger partial charge in [-0.1, -0.05) is 20.8 Å². The molecule has 1 N–H and O–H groups in total. The normalized spacial score (nSPS) is 30.7. The highest BCUT2D eigenvalue weighted by atomic mass is 16.5. The molecule has 0 bridgehead atoms. The summed E-state index contributed by atoms with van der Waals surface area (Å²) in [5.41, 5.74) is 0.301. The van der Waals surface area contributed by atoms with Crippen molar-refractivity contribution in [2.75, 3.05) is 27.4 Å². The zero-order valence-electron chi connectivity index (χ0n) is 19.4. The first-order valence-electron chi connectivity index (χ1n) is 11.3. The molecule has 3 atom stereocenters. The molecule has 2 heterocycles. The van der Waals surface area contributed by atoms with E-state index in [0.717, 1.165) is 42.9 Å². The van der Waals surface area contributed by atoms with Gasteiger partial charge in [-0.05, 0) is 61.6 Å². The number of nitrogens with zero attached hydrogens (tertiary/aromatic N) is 2. The first-order chi connectivity index (χ1) is 14.7. The molecule has 1 aromatic rings. The maximum Gasteiger partial charge on any atom is 0.326 e. The molecule has 0 unspecified atom stereocenters. The summed E-state index contributed by atoms with van der Waals surface area (Å²) in [5, 5.41) is 3.09. The van der Waals surface area contributed by atoms with Crippen molar-refractivity contribution in [1.29, 1.82) is 0 Å². The standard InChI is InChI=1S/C24H35N3O4/c1-16-12-23(2,3)14-24(13-16)21(28)27(22(29)25-24)15-26-10-6-7-19(26)18-11-17(30-4)8-9-20(18)31-5/h8-9,11,16,19H,6-7,10,12-15H2,1-5H3,(H,25,29)/t16-,19+,24-/m0/s1. The molecule has 0 radical (unpaired) electrons. The molecule has 0 aromatic heterocycles. The minimum Gasteiger partial charge on any atom is -0.497 e. The second-order valence-corrected chi connectivity index (χ2v) is 10.3. The molecule has 3 fully saturated rings. The lowest BCUT2D eigenvalue weighted by Crippen LogP contribution is -2.54. The van der Waals surface area contributed by atoms with Crippen molar-refractivity contribution >= 4 is 11.9 Å². The minimum absolute atomic E-state index is 0.0285. The minimum atomic E-state index is -0.763. The fourth-order valence-electron chi connectivity index (χ4n) is 6.26. The van der Waals surface area contributed by atoms with Gasteiger partial charge in [-0.15, -0.1) is 0 Å². The van der Waals surface area contributed by atoms with E-state index in [4.69, 9.17) is 9.47 Å². The number of likely N-dealkylation sites (tertiary alicyclic amines) is 1. The molecule has 1 saturated carbocycles. The van der Waals surface area contributed by atoms with Crippen LogP contribution in [0.5, 0.6) is 11.5 Å². The van der Waals surface area contributed by atoms with Crippen LogP contribution in [0.2, 0.25) is 0 Å². The van der Waals surface area contributed by atoms with Gasteiger partial charge in [0.2, 0.25) is 0 Å². The molecule has 2 saturated heterocycles. The van der Waals surface area contributed by atoms with Crippen LogP contribution in [-0.2, 0) is 4.79 Å². The smallest absolute Gasteiger partial charge is 0.326 e. The molecule has 3 aliphatic rings. The number of carbonyl (C=O) groups excluding carboxylic acids is 2. The van der Waals surface area contributed by atoms with Crippen molar-refractivity contribution < 1.29 is 19.1 Å². The zero-order chi connectivity index (χ0) is 22.4. The molecular weight excluding hydrogens is 394 g/mol. The number of urea groups is 1. The number of amides is 3. The lowest BCUT2D eigenvalue weighted by atomic mass is 9.64. The van der Waals surface area contributed by atoms with Crippen LogP contribution in [0.1, 0.15) is 64.5 Å². The van der Waals surface area contributed by atoms with E-state index in [2.05, 4.69) is 31.0 Å². The van der Waals surface area contributed by atoms with Crippen LogP contribution in [0.15, 0.2) is 18.2 Å². The van der Waals surface area contributed by atoms with Gasteiger partial charge in [0.1, 0.15) is 17.0 Å². The number of rotatable bonds is 5. The molecule has 1 aliphatic carbocycles. The predicted molar refractivity (Wildman–Crippen MR) is 118 cm³/mol. The van der Waals surface area contributed by atoms with E-state index < -0.39 is 5.54 Å². The SMILES string of the molecule is COc1ccc(OC)c([C@H]2CCCN2CN2C(=O)N[C@]3(C[C@@H](C)CC(C)(C)C3)C2=O)c1. The molecule has 7 nitrogen and oxygen atoms in total. The number of methoxy groups -OCH3 is 2. The van der Waals surface area contributed by atoms with E-state index >= 15 is 0 Å². The van der Waals surface area contributed by atoms with E-state index in [0.29, 0.717) is 25.4 Å². The summed E-state index contributed by atoms with van der Waals surface area (Å²) >= 11 is 0. The maximum absolute atomic E-state index is 13.6. The van der Waals surface area contributed by atoms with Gasteiger partial charge >= 0.3 is 6.03 Å². The molecule has 3 amide bonds. The average molecular weight is 430 g/mol. The van der Waals surface area contributed by atoms with E-state index in [9.17, 15) is 9.59 Å². The summed E-state index contributed by atoms with van der Waals surface area (Å²) in [7, 11) is 3.31. The zero-order valence-corrected chi connectivity index (χ0v) is 19.4. The summed E-state index contributed by atoms with van der Waals surface area (Å²) in [5.74, 6) is 1.90. The Hall–Kier alpha value is -2.28. The van der Waals surface area contributed by atoms with Crippen molar-refractivity contribution in [3.63, 3.8) is 0 Å². The monoisotopic (exact) mass is 429 g/mol. The van der Waals surface area contributed by atoms with Gasteiger partial charge in [-0.25, -0.2) is 9.69 Å². The van der Waals surface area contributed by atoms with Gasteiger partial charge in [0.05, 0.1) is 20.9 Å². The van der Waals surface area contributed by atoms with Crippen molar-refractivity contribution in [2.45, 2.75) is 64.5 Å². The second-order valence-electron chi connectivity index (χ2n) is 10.3. The molecular formula is C24H35N3O4. The second kappa shape index (κ2) is 8.01. The molecule has 2 aliphatic heterocycles. The molecule has 1 aromatic carbocycles. The van der Waals surface area contributed by atoms with Crippen LogP contribution >= 0.6 is 0 Å². The lowest BCUT2D eigenvalue weighted by molar-refractivity contribution is -0.136. The van der Waals surface area contributed by atoms with Crippen molar-refractivity contribution in [2.24, 2.45) is 11.3 Å². The van der Waals surface area contributed by atoms with Gasteiger partial charge in [0.15, 0.2) is 0 Å².